The van der Waals surface area contributed by atoms with E-state index in [1.807, 2.05) is 51.4 Å². The second kappa shape index (κ2) is 6.34. The van der Waals surface area contributed by atoms with Gasteiger partial charge in [-0.2, -0.15) is 0 Å². The Bertz CT molecular complexity index is 800. The first-order valence-corrected chi connectivity index (χ1v) is 7.77. The fraction of sp³-hybridized carbons (Fsp3) is 0.263. The van der Waals surface area contributed by atoms with Crippen LogP contribution in [0.15, 0.2) is 53.2 Å². The fourth-order valence-electron chi connectivity index (χ4n) is 2.75. The Morgan fingerprint density at radius 2 is 1.87 bits per heavy atom. The van der Waals surface area contributed by atoms with E-state index in [-0.39, 0.29) is 5.91 Å². The van der Waals surface area contributed by atoms with Crippen LogP contribution in [0.2, 0.25) is 0 Å². The number of likely N-dealkylation sites (N-methyl/N-ethyl adjacent to an activating group) is 1. The summed E-state index contributed by atoms with van der Waals surface area (Å²) in [5, 5.41) is 2.30. The molecule has 0 atom stereocenters. The number of carbonyl (C=O) groups excluding carboxylic acids is 1. The predicted octanol–water partition coefficient (Wildman–Crippen LogP) is 3.00. The van der Waals surface area contributed by atoms with Crippen LogP contribution in [0.1, 0.15) is 12.5 Å². The highest BCUT2D eigenvalue weighted by molar-refractivity contribution is 6.14. The molecule has 23 heavy (non-hydrogen) atoms. The van der Waals surface area contributed by atoms with Crippen LogP contribution in [-0.4, -0.2) is 48.7 Å². The van der Waals surface area contributed by atoms with E-state index in [2.05, 4.69) is 28.1 Å². The lowest BCUT2D eigenvalue weighted by molar-refractivity contribution is -0.122. The lowest BCUT2D eigenvalue weighted by atomic mass is 10.0. The number of rotatable bonds is 4. The Morgan fingerprint density at radius 1 is 1.13 bits per heavy atom. The number of amidine groups is 1. The monoisotopic (exact) mass is 307 g/mol. The molecule has 1 heterocycles. The molecule has 2 aromatic carbocycles. The van der Waals surface area contributed by atoms with E-state index in [1.54, 1.807) is 4.90 Å². The van der Waals surface area contributed by atoms with Crippen LogP contribution >= 0.6 is 0 Å². The van der Waals surface area contributed by atoms with Gasteiger partial charge in [0.05, 0.1) is 0 Å². The Labute approximate surface area is 136 Å². The van der Waals surface area contributed by atoms with Gasteiger partial charge < -0.3 is 4.90 Å². The number of carbonyl (C=O) groups is 1. The molecule has 0 unspecified atom stereocenters. The summed E-state index contributed by atoms with van der Waals surface area (Å²) in [6.45, 7) is 3.37. The number of hydrogen-bond donors (Lipinski definition) is 0. The van der Waals surface area contributed by atoms with Crippen molar-refractivity contribution in [2.24, 2.45) is 4.99 Å². The zero-order valence-electron chi connectivity index (χ0n) is 13.8. The van der Waals surface area contributed by atoms with Crippen molar-refractivity contribution in [3.8, 4) is 0 Å². The summed E-state index contributed by atoms with van der Waals surface area (Å²) in [5.41, 5.74) is 1.54. The highest BCUT2D eigenvalue weighted by atomic mass is 16.2. The van der Waals surface area contributed by atoms with Gasteiger partial charge in [-0.15, -0.1) is 0 Å². The van der Waals surface area contributed by atoms with Gasteiger partial charge in [0.2, 0.25) is 0 Å². The zero-order chi connectivity index (χ0) is 16.4. The summed E-state index contributed by atoms with van der Waals surface area (Å²) in [6, 6.07) is 14.3. The molecule has 4 nitrogen and oxygen atoms in total. The maximum atomic E-state index is 12.6. The Hall–Kier alpha value is -2.46. The van der Waals surface area contributed by atoms with Crippen LogP contribution in [0.4, 0.5) is 0 Å². The second-order valence-electron chi connectivity index (χ2n) is 6.02. The van der Waals surface area contributed by atoms with Crippen molar-refractivity contribution in [3.63, 3.8) is 0 Å². The summed E-state index contributed by atoms with van der Waals surface area (Å²) in [5.74, 6) is 0.751. The van der Waals surface area contributed by atoms with E-state index >= 15 is 0 Å². The first kappa shape index (κ1) is 15.4. The molecule has 0 bridgehead atoms. The molecule has 1 aliphatic rings. The lowest BCUT2D eigenvalue weighted by Crippen LogP contribution is -2.36. The molecule has 0 saturated carbocycles. The molecule has 118 valence electrons. The van der Waals surface area contributed by atoms with Crippen LogP contribution in [0.5, 0.6) is 0 Å². The van der Waals surface area contributed by atoms with Crippen LogP contribution < -0.4 is 0 Å². The third-order valence-electron chi connectivity index (χ3n) is 4.02. The van der Waals surface area contributed by atoms with Crippen molar-refractivity contribution >= 4 is 28.6 Å². The summed E-state index contributed by atoms with van der Waals surface area (Å²) in [4.78, 5) is 20.9. The molecule has 0 aliphatic carbocycles. The first-order valence-electron chi connectivity index (χ1n) is 7.77. The summed E-state index contributed by atoms with van der Waals surface area (Å²) in [6.07, 6.45) is 1.89. The molecular formula is C19H21N3O. The molecule has 0 fully saturated rings. The van der Waals surface area contributed by atoms with E-state index in [9.17, 15) is 4.79 Å². The van der Waals surface area contributed by atoms with Crippen LogP contribution in [0.25, 0.3) is 16.8 Å². The van der Waals surface area contributed by atoms with E-state index in [0.29, 0.717) is 12.2 Å². The molecule has 0 saturated heterocycles. The Balaban J connectivity index is 1.92. The van der Waals surface area contributed by atoms with E-state index in [1.165, 1.54) is 0 Å². The minimum atomic E-state index is -0.0164. The molecule has 1 amide bonds. The molecule has 4 heteroatoms. The molecule has 0 radical (unpaired) electrons. The van der Waals surface area contributed by atoms with Crippen molar-refractivity contribution in [2.75, 3.05) is 27.2 Å². The minimum absolute atomic E-state index is 0.0164. The normalized spacial score (nSPS) is 16.7. The number of fused-ring (bicyclic) bond motifs is 1. The number of nitrogens with zero attached hydrogens (tertiary/aromatic N) is 3. The number of amides is 1. The maximum absolute atomic E-state index is 12.6. The summed E-state index contributed by atoms with van der Waals surface area (Å²) in [7, 11) is 4.00. The third kappa shape index (κ3) is 3.17. The van der Waals surface area contributed by atoms with Crippen LogP contribution in [-0.2, 0) is 4.79 Å². The molecule has 0 aromatic heterocycles. The standard InChI is InChI=1S/C19H21N3O/c1-14-20-18(19(23)22(14)12-11-21(2)3)13-16-9-6-8-15-7-4-5-10-17(15)16/h4-10,13H,11-12H2,1-3H3/b18-13-. The smallest absolute Gasteiger partial charge is 0.277 e. The van der Waals surface area contributed by atoms with Crippen molar-refractivity contribution in [2.45, 2.75) is 6.92 Å². The van der Waals surface area contributed by atoms with Crippen LogP contribution in [0, 0.1) is 0 Å². The molecule has 2 aromatic rings. The molecule has 1 aliphatic heterocycles. The Kier molecular flexibility index (Phi) is 4.26. The maximum Gasteiger partial charge on any atom is 0.277 e. The van der Waals surface area contributed by atoms with Crippen molar-refractivity contribution in [3.05, 3.63) is 53.7 Å². The average Bonchev–Trinajstić information content (AvgIpc) is 2.79. The predicted molar refractivity (Wildman–Crippen MR) is 95.3 cm³/mol. The average molecular weight is 307 g/mol. The number of hydrogen-bond acceptors (Lipinski definition) is 3. The lowest BCUT2D eigenvalue weighted by Gasteiger charge is -2.18. The van der Waals surface area contributed by atoms with Gasteiger partial charge >= 0.3 is 0 Å². The minimum Gasteiger partial charge on any atom is -0.308 e. The van der Waals surface area contributed by atoms with Crippen molar-refractivity contribution in [1.82, 2.24) is 9.80 Å². The van der Waals surface area contributed by atoms with Gasteiger partial charge in [0.1, 0.15) is 11.5 Å². The highest BCUT2D eigenvalue weighted by Crippen LogP contribution is 2.24. The number of benzene rings is 2. The van der Waals surface area contributed by atoms with Gasteiger partial charge in [-0.25, -0.2) is 4.99 Å². The molecule has 3 rings (SSSR count). The van der Waals surface area contributed by atoms with Gasteiger partial charge in [-0.1, -0.05) is 42.5 Å². The Morgan fingerprint density at radius 3 is 2.65 bits per heavy atom. The summed E-state index contributed by atoms with van der Waals surface area (Å²) < 4.78 is 0. The van der Waals surface area contributed by atoms with E-state index in [4.69, 9.17) is 0 Å². The third-order valence-corrected chi connectivity index (χ3v) is 4.02. The van der Waals surface area contributed by atoms with Gasteiger partial charge in [0.25, 0.3) is 5.91 Å². The first-order chi connectivity index (χ1) is 11.1. The largest absolute Gasteiger partial charge is 0.308 e. The summed E-state index contributed by atoms with van der Waals surface area (Å²) >= 11 is 0. The SMILES string of the molecule is CC1=N/C(=C\c2cccc3ccccc23)C(=O)N1CCN(C)C. The van der Waals surface area contributed by atoms with Crippen LogP contribution in [0.3, 0.4) is 0 Å². The molecular weight excluding hydrogens is 286 g/mol. The topological polar surface area (TPSA) is 35.9 Å². The second-order valence-corrected chi connectivity index (χ2v) is 6.02. The van der Waals surface area contributed by atoms with Gasteiger partial charge in [-0.05, 0) is 43.4 Å². The number of aliphatic imine (C=N–C) groups is 1. The van der Waals surface area contributed by atoms with Gasteiger partial charge in [-0.3, -0.25) is 9.69 Å². The van der Waals surface area contributed by atoms with Gasteiger partial charge in [0.15, 0.2) is 0 Å². The zero-order valence-corrected chi connectivity index (χ0v) is 13.8. The fourth-order valence-corrected chi connectivity index (χ4v) is 2.75. The van der Waals surface area contributed by atoms with Gasteiger partial charge in [0, 0.05) is 13.1 Å². The van der Waals surface area contributed by atoms with E-state index in [0.717, 1.165) is 28.7 Å². The quantitative estimate of drug-likeness (QED) is 0.814. The van der Waals surface area contributed by atoms with Crippen molar-refractivity contribution < 1.29 is 4.79 Å². The van der Waals surface area contributed by atoms with E-state index < -0.39 is 0 Å². The molecule has 0 N–H and O–H groups in total. The molecule has 0 spiro atoms. The highest BCUT2D eigenvalue weighted by Gasteiger charge is 2.27. The van der Waals surface area contributed by atoms with Crippen molar-refractivity contribution in [1.29, 1.82) is 0 Å².